The van der Waals surface area contributed by atoms with E-state index in [1.165, 1.54) is 0 Å². The van der Waals surface area contributed by atoms with Gasteiger partial charge in [0.05, 0.1) is 12.8 Å². The molecule has 0 aliphatic carbocycles. The third kappa shape index (κ3) is 3.53. The normalized spacial score (nSPS) is 10.3. The van der Waals surface area contributed by atoms with Crippen LogP contribution >= 0.6 is 31.9 Å². The molecule has 0 saturated heterocycles. The van der Waals surface area contributed by atoms with E-state index in [0.717, 1.165) is 20.1 Å². The number of hydrogen-bond donors (Lipinski definition) is 1. The van der Waals surface area contributed by atoms with Crippen LogP contribution in [0.4, 0.5) is 5.82 Å². The lowest BCUT2D eigenvalue weighted by atomic mass is 9.97. The standard InChI is InChI=1S/C19H13Br2N3O/c1-25-18-6-5-13(21)8-15(18)14-9-17(24-19(23)16(14)10-22)11-3-2-4-12(20)7-11/h2-9H,1H3,(H2,23,24). The van der Waals surface area contributed by atoms with Gasteiger partial charge in [0.15, 0.2) is 0 Å². The second-order valence-electron chi connectivity index (χ2n) is 5.28. The molecule has 0 spiro atoms. The third-order valence-electron chi connectivity index (χ3n) is 3.73. The first-order chi connectivity index (χ1) is 12.0. The smallest absolute Gasteiger partial charge is 0.142 e. The Bertz CT molecular complexity index is 996. The molecule has 0 unspecified atom stereocenters. The molecule has 0 fully saturated rings. The van der Waals surface area contributed by atoms with E-state index in [-0.39, 0.29) is 5.82 Å². The van der Waals surface area contributed by atoms with Crippen LogP contribution in [-0.2, 0) is 0 Å². The Labute approximate surface area is 162 Å². The molecule has 3 aromatic rings. The quantitative estimate of drug-likeness (QED) is 0.570. The highest BCUT2D eigenvalue weighted by atomic mass is 79.9. The second-order valence-corrected chi connectivity index (χ2v) is 7.11. The number of ether oxygens (including phenoxy) is 1. The van der Waals surface area contributed by atoms with Gasteiger partial charge in [-0.25, -0.2) is 4.98 Å². The first-order valence-corrected chi connectivity index (χ1v) is 8.92. The van der Waals surface area contributed by atoms with E-state index in [1.807, 2.05) is 48.5 Å². The van der Waals surface area contributed by atoms with Gasteiger partial charge in [-0.1, -0.05) is 44.0 Å². The molecular formula is C19H13Br2N3O. The van der Waals surface area contributed by atoms with E-state index in [1.54, 1.807) is 7.11 Å². The highest BCUT2D eigenvalue weighted by Gasteiger charge is 2.17. The number of nitrogens with two attached hydrogens (primary N) is 1. The predicted molar refractivity (Wildman–Crippen MR) is 106 cm³/mol. The Morgan fingerprint density at radius 1 is 1.04 bits per heavy atom. The van der Waals surface area contributed by atoms with Gasteiger partial charge in [-0.3, -0.25) is 0 Å². The van der Waals surface area contributed by atoms with E-state index < -0.39 is 0 Å². The summed E-state index contributed by atoms with van der Waals surface area (Å²) >= 11 is 6.93. The van der Waals surface area contributed by atoms with Crippen LogP contribution in [0.3, 0.4) is 0 Å². The van der Waals surface area contributed by atoms with Crippen molar-refractivity contribution in [3.63, 3.8) is 0 Å². The topological polar surface area (TPSA) is 71.9 Å². The van der Waals surface area contributed by atoms with E-state index in [4.69, 9.17) is 10.5 Å². The number of nitrogens with zero attached hydrogens (tertiary/aromatic N) is 2. The molecule has 2 aromatic carbocycles. The number of rotatable bonds is 3. The zero-order valence-electron chi connectivity index (χ0n) is 13.3. The number of anilines is 1. The van der Waals surface area contributed by atoms with Crippen molar-refractivity contribution >= 4 is 37.7 Å². The molecule has 6 heteroatoms. The Kier molecular flexibility index (Phi) is 5.07. The van der Waals surface area contributed by atoms with Crippen molar-refractivity contribution in [3.05, 3.63) is 63.0 Å². The van der Waals surface area contributed by atoms with Crippen LogP contribution < -0.4 is 10.5 Å². The molecule has 25 heavy (non-hydrogen) atoms. The number of nitrogen functional groups attached to an aromatic ring is 1. The van der Waals surface area contributed by atoms with Crippen molar-refractivity contribution < 1.29 is 4.74 Å². The minimum absolute atomic E-state index is 0.192. The summed E-state index contributed by atoms with van der Waals surface area (Å²) in [5.41, 5.74) is 9.46. The van der Waals surface area contributed by atoms with Crippen molar-refractivity contribution in [3.8, 4) is 34.2 Å². The second kappa shape index (κ2) is 7.26. The third-order valence-corrected chi connectivity index (χ3v) is 4.72. The largest absolute Gasteiger partial charge is 0.496 e. The average molecular weight is 459 g/mol. The predicted octanol–water partition coefficient (Wildman–Crippen LogP) is 5.40. The molecule has 0 aliphatic rings. The summed E-state index contributed by atoms with van der Waals surface area (Å²) in [6.07, 6.45) is 0. The van der Waals surface area contributed by atoms with Gasteiger partial charge in [-0.15, -0.1) is 0 Å². The Morgan fingerprint density at radius 2 is 1.80 bits per heavy atom. The van der Waals surface area contributed by atoms with Gasteiger partial charge in [-0.05, 0) is 36.4 Å². The number of benzene rings is 2. The lowest BCUT2D eigenvalue weighted by Gasteiger charge is -2.14. The van der Waals surface area contributed by atoms with Gasteiger partial charge in [0.2, 0.25) is 0 Å². The summed E-state index contributed by atoms with van der Waals surface area (Å²) in [6.45, 7) is 0. The van der Waals surface area contributed by atoms with Crippen molar-refractivity contribution in [1.82, 2.24) is 4.98 Å². The van der Waals surface area contributed by atoms with Gasteiger partial charge < -0.3 is 10.5 Å². The molecule has 2 N–H and O–H groups in total. The Hall–Kier alpha value is -2.36. The molecule has 0 radical (unpaired) electrons. The van der Waals surface area contributed by atoms with E-state index in [0.29, 0.717) is 22.6 Å². The van der Waals surface area contributed by atoms with Crippen molar-refractivity contribution in [1.29, 1.82) is 5.26 Å². The molecule has 0 atom stereocenters. The maximum atomic E-state index is 9.57. The van der Waals surface area contributed by atoms with Crippen molar-refractivity contribution in [2.45, 2.75) is 0 Å². The summed E-state index contributed by atoms with van der Waals surface area (Å²) in [7, 11) is 1.60. The van der Waals surface area contributed by atoms with Crippen LogP contribution in [-0.4, -0.2) is 12.1 Å². The molecule has 1 heterocycles. The SMILES string of the molecule is COc1ccc(Br)cc1-c1cc(-c2cccc(Br)c2)nc(N)c1C#N. The average Bonchev–Trinajstić information content (AvgIpc) is 2.61. The molecular weight excluding hydrogens is 446 g/mol. The summed E-state index contributed by atoms with van der Waals surface area (Å²) in [5.74, 6) is 0.850. The molecule has 0 bridgehead atoms. The first-order valence-electron chi connectivity index (χ1n) is 7.34. The number of nitriles is 1. The highest BCUT2D eigenvalue weighted by molar-refractivity contribution is 9.10. The zero-order chi connectivity index (χ0) is 18.0. The Balaban J connectivity index is 2.30. The number of hydrogen-bond acceptors (Lipinski definition) is 4. The van der Waals surface area contributed by atoms with Crippen molar-refractivity contribution in [2.75, 3.05) is 12.8 Å². The maximum absolute atomic E-state index is 9.57. The van der Waals surface area contributed by atoms with Gasteiger partial charge in [0, 0.05) is 25.6 Å². The fraction of sp³-hybridized carbons (Fsp3) is 0.0526. The van der Waals surface area contributed by atoms with Crippen LogP contribution in [0.2, 0.25) is 0 Å². The van der Waals surface area contributed by atoms with E-state index in [9.17, 15) is 5.26 Å². The van der Waals surface area contributed by atoms with Crippen LogP contribution in [0.15, 0.2) is 57.5 Å². The highest BCUT2D eigenvalue weighted by Crippen LogP contribution is 2.38. The van der Waals surface area contributed by atoms with Crippen LogP contribution in [0.25, 0.3) is 22.4 Å². The van der Waals surface area contributed by atoms with Gasteiger partial charge >= 0.3 is 0 Å². The molecule has 3 rings (SSSR count). The number of methoxy groups -OCH3 is 1. The van der Waals surface area contributed by atoms with Crippen LogP contribution in [0.1, 0.15) is 5.56 Å². The molecule has 1 aromatic heterocycles. The number of aromatic nitrogens is 1. The molecule has 124 valence electrons. The van der Waals surface area contributed by atoms with Crippen molar-refractivity contribution in [2.24, 2.45) is 0 Å². The van der Waals surface area contributed by atoms with Gasteiger partial charge in [0.25, 0.3) is 0 Å². The van der Waals surface area contributed by atoms with E-state index in [2.05, 4.69) is 42.9 Å². The monoisotopic (exact) mass is 457 g/mol. The first kappa shape index (κ1) is 17.5. The van der Waals surface area contributed by atoms with E-state index >= 15 is 0 Å². The minimum Gasteiger partial charge on any atom is -0.496 e. The zero-order valence-corrected chi connectivity index (χ0v) is 16.4. The van der Waals surface area contributed by atoms with Crippen LogP contribution in [0.5, 0.6) is 5.75 Å². The van der Waals surface area contributed by atoms with Gasteiger partial charge in [0.1, 0.15) is 23.2 Å². The minimum atomic E-state index is 0.192. The summed E-state index contributed by atoms with van der Waals surface area (Å²) in [4.78, 5) is 4.40. The lowest BCUT2D eigenvalue weighted by Crippen LogP contribution is -2.00. The fourth-order valence-corrected chi connectivity index (χ4v) is 3.34. The molecule has 4 nitrogen and oxygen atoms in total. The van der Waals surface area contributed by atoms with Gasteiger partial charge in [-0.2, -0.15) is 5.26 Å². The maximum Gasteiger partial charge on any atom is 0.142 e. The molecule has 0 amide bonds. The van der Waals surface area contributed by atoms with Crippen LogP contribution in [0, 0.1) is 11.3 Å². The number of halogens is 2. The number of pyridine rings is 1. The molecule has 0 aliphatic heterocycles. The summed E-state index contributed by atoms with van der Waals surface area (Å²) in [5, 5.41) is 9.57. The molecule has 0 saturated carbocycles. The lowest BCUT2D eigenvalue weighted by molar-refractivity contribution is 0.416. The Morgan fingerprint density at radius 3 is 2.48 bits per heavy atom. The summed E-state index contributed by atoms with van der Waals surface area (Å²) in [6, 6.07) is 17.4. The summed E-state index contributed by atoms with van der Waals surface area (Å²) < 4.78 is 7.28. The fourth-order valence-electron chi connectivity index (χ4n) is 2.58.